The van der Waals surface area contributed by atoms with E-state index >= 15 is 0 Å². The van der Waals surface area contributed by atoms with Crippen LogP contribution in [-0.4, -0.2) is 39.9 Å². The van der Waals surface area contributed by atoms with E-state index in [4.69, 9.17) is 0 Å². The van der Waals surface area contributed by atoms with E-state index in [2.05, 4.69) is 25.3 Å². The van der Waals surface area contributed by atoms with E-state index in [1.807, 2.05) is 11.7 Å². The van der Waals surface area contributed by atoms with Gasteiger partial charge in [-0.3, -0.25) is 10.7 Å². The van der Waals surface area contributed by atoms with Crippen molar-refractivity contribution in [3.63, 3.8) is 0 Å². The van der Waals surface area contributed by atoms with Crippen LogP contribution in [0.15, 0.2) is 33.9 Å². The van der Waals surface area contributed by atoms with E-state index in [0.29, 0.717) is 18.1 Å². The number of hydrogen-bond donors (Lipinski definition) is 3. The molecule has 0 aliphatic carbocycles. The Balaban J connectivity index is 2.21. The van der Waals surface area contributed by atoms with E-state index in [9.17, 15) is 9.60 Å². The highest BCUT2D eigenvalue weighted by molar-refractivity contribution is 7.98. The number of nitrogens with zero attached hydrogens (tertiary/aromatic N) is 3. The topological polar surface area (TPSA) is 95.6 Å². The van der Waals surface area contributed by atoms with Crippen LogP contribution >= 0.6 is 11.8 Å². The molecule has 0 fully saturated rings. The maximum atomic E-state index is 12.9. The molecule has 0 amide bonds. The molecular formula is C12H14FN5O2S. The zero-order valence-corrected chi connectivity index (χ0v) is 12.0. The lowest BCUT2D eigenvalue weighted by atomic mass is 10.3. The molecule has 0 spiro atoms. The normalized spacial score (nSPS) is 11.5. The molecule has 1 aromatic heterocycles. The molecule has 7 nitrogen and oxygen atoms in total. The van der Waals surface area contributed by atoms with Crippen LogP contribution in [0.5, 0.6) is 0 Å². The van der Waals surface area contributed by atoms with Gasteiger partial charge in [-0.1, -0.05) is 0 Å². The van der Waals surface area contributed by atoms with Crippen LogP contribution in [0.25, 0.3) is 0 Å². The molecule has 0 saturated carbocycles. The molecule has 1 heterocycles. The second kappa shape index (κ2) is 7.60. The van der Waals surface area contributed by atoms with E-state index in [0.717, 1.165) is 5.75 Å². The molecule has 2 rings (SSSR count). The van der Waals surface area contributed by atoms with Gasteiger partial charge in [0.2, 0.25) is 5.82 Å². The van der Waals surface area contributed by atoms with Gasteiger partial charge in [0.05, 0.1) is 5.69 Å². The standard InChI is InChI=1S/C12H14FN5O2S/c1-21-7-6-14-11-10(17-20-18-11)12(16-19)15-9-4-2-8(13)3-5-9/h2-5,19H,6-7H2,1H3,(H,14,18)(H,15,16). The number of benzene rings is 1. The van der Waals surface area contributed by atoms with Gasteiger partial charge in [-0.15, -0.1) is 0 Å². The van der Waals surface area contributed by atoms with Crippen molar-refractivity contribution in [2.24, 2.45) is 4.99 Å². The molecule has 0 atom stereocenters. The van der Waals surface area contributed by atoms with Crippen molar-refractivity contribution in [2.75, 3.05) is 23.9 Å². The predicted octanol–water partition coefficient (Wildman–Crippen LogP) is 2.04. The lowest BCUT2D eigenvalue weighted by Gasteiger charge is -2.04. The minimum Gasteiger partial charge on any atom is -0.364 e. The molecule has 3 N–H and O–H groups in total. The van der Waals surface area contributed by atoms with Gasteiger partial charge in [0.25, 0.3) is 0 Å². The molecule has 9 heteroatoms. The van der Waals surface area contributed by atoms with Crippen LogP contribution in [-0.2, 0) is 0 Å². The number of halogens is 1. The Morgan fingerprint density at radius 3 is 2.81 bits per heavy atom. The summed E-state index contributed by atoms with van der Waals surface area (Å²) in [6.45, 7) is 0.664. The van der Waals surface area contributed by atoms with Crippen LogP contribution in [0.1, 0.15) is 5.69 Å². The first-order chi connectivity index (χ1) is 10.2. The minimum absolute atomic E-state index is 0.0505. The summed E-state index contributed by atoms with van der Waals surface area (Å²) in [5.74, 6) is 0.930. The Morgan fingerprint density at radius 2 is 2.14 bits per heavy atom. The monoisotopic (exact) mass is 311 g/mol. The van der Waals surface area contributed by atoms with Gasteiger partial charge in [0.1, 0.15) is 5.82 Å². The summed E-state index contributed by atoms with van der Waals surface area (Å²) < 4.78 is 17.5. The molecule has 0 bridgehead atoms. The van der Waals surface area contributed by atoms with Gasteiger partial charge < -0.3 is 5.32 Å². The Bertz CT molecular complexity index is 602. The Morgan fingerprint density at radius 1 is 1.38 bits per heavy atom. The zero-order chi connectivity index (χ0) is 15.1. The number of hydrogen-bond acceptors (Lipinski definition) is 7. The Kier molecular flexibility index (Phi) is 5.52. The van der Waals surface area contributed by atoms with Crippen LogP contribution in [0.2, 0.25) is 0 Å². The first-order valence-corrected chi connectivity index (χ1v) is 7.44. The molecule has 112 valence electrons. The van der Waals surface area contributed by atoms with Crippen molar-refractivity contribution in [1.29, 1.82) is 0 Å². The molecule has 0 aliphatic heterocycles. The smallest absolute Gasteiger partial charge is 0.202 e. The van der Waals surface area contributed by atoms with Crippen molar-refractivity contribution in [1.82, 2.24) is 15.8 Å². The van der Waals surface area contributed by atoms with Gasteiger partial charge in [0.15, 0.2) is 11.5 Å². The van der Waals surface area contributed by atoms with E-state index < -0.39 is 0 Å². The average molecular weight is 311 g/mol. The summed E-state index contributed by atoms with van der Waals surface area (Å²) in [5, 5.41) is 19.6. The quantitative estimate of drug-likeness (QED) is 0.325. The summed E-state index contributed by atoms with van der Waals surface area (Å²) >= 11 is 1.68. The van der Waals surface area contributed by atoms with Crippen molar-refractivity contribution in [3.8, 4) is 0 Å². The maximum absolute atomic E-state index is 12.9. The summed E-state index contributed by atoms with van der Waals surface area (Å²) in [6.07, 6.45) is 1.99. The van der Waals surface area contributed by atoms with E-state index in [1.54, 1.807) is 11.8 Å². The number of aromatic nitrogens is 2. The summed E-state index contributed by atoms with van der Waals surface area (Å²) in [4.78, 5) is 4.13. The first kappa shape index (κ1) is 15.3. The van der Waals surface area contributed by atoms with Crippen molar-refractivity contribution in [3.05, 3.63) is 35.8 Å². The van der Waals surface area contributed by atoms with E-state index in [-0.39, 0.29) is 17.3 Å². The third-order valence-electron chi connectivity index (χ3n) is 2.48. The number of nitrogens with one attached hydrogen (secondary N) is 2. The number of aliphatic imine (C=N–C) groups is 1. The number of hydroxylamine groups is 1. The minimum atomic E-state index is -0.366. The molecule has 1 aromatic carbocycles. The fraction of sp³-hybridized carbons (Fsp3) is 0.250. The maximum Gasteiger partial charge on any atom is 0.202 e. The predicted molar refractivity (Wildman–Crippen MR) is 78.7 cm³/mol. The summed E-state index contributed by atoms with van der Waals surface area (Å²) in [5.41, 5.74) is 2.64. The number of thioether (sulfide) groups is 1. The fourth-order valence-corrected chi connectivity index (χ4v) is 1.81. The van der Waals surface area contributed by atoms with Gasteiger partial charge in [-0.2, -0.15) is 11.8 Å². The number of anilines is 1. The van der Waals surface area contributed by atoms with Crippen molar-refractivity contribution < 1.29 is 14.2 Å². The average Bonchev–Trinajstić information content (AvgIpc) is 2.95. The molecular weight excluding hydrogens is 297 g/mol. The number of amidine groups is 1. The third-order valence-corrected chi connectivity index (χ3v) is 3.10. The van der Waals surface area contributed by atoms with Crippen LogP contribution in [0, 0.1) is 5.82 Å². The molecule has 21 heavy (non-hydrogen) atoms. The highest BCUT2D eigenvalue weighted by atomic mass is 32.2. The largest absolute Gasteiger partial charge is 0.364 e. The Hall–Kier alpha value is -2.13. The van der Waals surface area contributed by atoms with Crippen molar-refractivity contribution >= 4 is 29.1 Å². The highest BCUT2D eigenvalue weighted by Gasteiger charge is 2.16. The molecule has 2 aromatic rings. The van der Waals surface area contributed by atoms with Gasteiger partial charge in [-0.05, 0) is 40.8 Å². The second-order valence-electron chi connectivity index (χ2n) is 3.93. The summed E-state index contributed by atoms with van der Waals surface area (Å²) in [7, 11) is 0. The van der Waals surface area contributed by atoms with Crippen molar-refractivity contribution in [2.45, 2.75) is 0 Å². The fourth-order valence-electron chi connectivity index (χ4n) is 1.51. The lowest BCUT2D eigenvalue weighted by molar-refractivity contribution is 0.234. The first-order valence-electron chi connectivity index (χ1n) is 6.04. The third kappa shape index (κ3) is 4.17. The summed E-state index contributed by atoms with van der Waals surface area (Å²) in [6, 6.07) is 5.49. The highest BCUT2D eigenvalue weighted by Crippen LogP contribution is 2.16. The van der Waals surface area contributed by atoms with Crippen LogP contribution in [0.4, 0.5) is 15.9 Å². The molecule has 0 aliphatic rings. The van der Waals surface area contributed by atoms with E-state index in [1.165, 1.54) is 24.3 Å². The second-order valence-corrected chi connectivity index (χ2v) is 4.92. The molecule has 0 radical (unpaired) electrons. The SMILES string of the molecule is CSCCNc1nonc1C(=Nc1ccc(F)cc1)NO. The van der Waals surface area contributed by atoms with Gasteiger partial charge in [-0.25, -0.2) is 14.0 Å². The van der Waals surface area contributed by atoms with Crippen LogP contribution < -0.4 is 10.8 Å². The number of rotatable bonds is 6. The molecule has 0 unspecified atom stereocenters. The molecule has 0 saturated heterocycles. The van der Waals surface area contributed by atoms with Gasteiger partial charge >= 0.3 is 0 Å². The lowest BCUT2D eigenvalue weighted by Crippen LogP contribution is -2.22. The van der Waals surface area contributed by atoms with Crippen LogP contribution in [0.3, 0.4) is 0 Å². The van der Waals surface area contributed by atoms with Gasteiger partial charge in [0, 0.05) is 12.3 Å². The zero-order valence-electron chi connectivity index (χ0n) is 11.2. The Labute approximate surface area is 124 Å².